The molecular formula is C22H25N3O2S. The lowest BCUT2D eigenvalue weighted by Gasteiger charge is -2.32. The van der Waals surface area contributed by atoms with Crippen LogP contribution in [0.15, 0.2) is 36.0 Å². The van der Waals surface area contributed by atoms with Crippen LogP contribution in [0.3, 0.4) is 0 Å². The van der Waals surface area contributed by atoms with Gasteiger partial charge in [-0.25, -0.2) is 4.98 Å². The van der Waals surface area contributed by atoms with Crippen LogP contribution in [0.4, 0.5) is 0 Å². The molecule has 0 N–H and O–H groups in total. The average molecular weight is 396 g/mol. The van der Waals surface area contributed by atoms with Gasteiger partial charge in [-0.05, 0) is 43.9 Å². The van der Waals surface area contributed by atoms with Crippen LogP contribution < -0.4 is 4.74 Å². The number of piperidine rings is 1. The predicted molar refractivity (Wildman–Crippen MR) is 111 cm³/mol. The van der Waals surface area contributed by atoms with Gasteiger partial charge in [-0.1, -0.05) is 6.07 Å². The molecule has 0 bridgehead atoms. The molecule has 1 aromatic carbocycles. The van der Waals surface area contributed by atoms with E-state index in [1.54, 1.807) is 5.51 Å². The van der Waals surface area contributed by atoms with E-state index in [0.717, 1.165) is 54.7 Å². The Balaban J connectivity index is 1.25. The van der Waals surface area contributed by atoms with E-state index in [4.69, 9.17) is 4.74 Å². The largest absolute Gasteiger partial charge is 0.490 e. The first-order chi connectivity index (χ1) is 13.7. The third-order valence-electron chi connectivity index (χ3n) is 5.89. The number of carbonyl (C=O) groups is 1. The minimum absolute atomic E-state index is 0.109. The third kappa shape index (κ3) is 3.41. The number of aryl methyl sites for hydroxylation is 1. The van der Waals surface area contributed by atoms with Crippen molar-refractivity contribution >= 4 is 28.1 Å². The number of rotatable bonds is 5. The van der Waals surface area contributed by atoms with Gasteiger partial charge in [-0.15, -0.1) is 11.3 Å². The Morgan fingerprint density at radius 2 is 2.04 bits per heavy atom. The number of hydrogen-bond acceptors (Lipinski definition) is 4. The number of ether oxygens (including phenoxy) is 1. The summed E-state index contributed by atoms with van der Waals surface area (Å²) in [6, 6.07) is 8.52. The van der Waals surface area contributed by atoms with Crippen molar-refractivity contribution < 1.29 is 9.53 Å². The fourth-order valence-electron chi connectivity index (χ4n) is 4.04. The summed E-state index contributed by atoms with van der Waals surface area (Å²) in [6.45, 7) is 4.49. The first kappa shape index (κ1) is 17.7. The zero-order valence-electron chi connectivity index (χ0n) is 16.1. The van der Waals surface area contributed by atoms with Gasteiger partial charge in [0.15, 0.2) is 0 Å². The maximum Gasteiger partial charge on any atom is 0.265 e. The summed E-state index contributed by atoms with van der Waals surface area (Å²) >= 11 is 1.43. The second-order valence-corrected chi connectivity index (χ2v) is 8.83. The number of hydrogen-bond donors (Lipinski definition) is 0. The van der Waals surface area contributed by atoms with Crippen molar-refractivity contribution in [1.82, 2.24) is 14.5 Å². The van der Waals surface area contributed by atoms with Crippen LogP contribution >= 0.6 is 11.3 Å². The minimum Gasteiger partial charge on any atom is -0.490 e. The summed E-state index contributed by atoms with van der Waals surface area (Å²) in [5.74, 6) is 1.93. The van der Waals surface area contributed by atoms with E-state index in [1.807, 2.05) is 11.8 Å². The van der Waals surface area contributed by atoms with Crippen molar-refractivity contribution in [2.45, 2.75) is 45.3 Å². The minimum atomic E-state index is 0.109. The van der Waals surface area contributed by atoms with E-state index in [1.165, 1.54) is 35.1 Å². The Labute approximate surface area is 168 Å². The van der Waals surface area contributed by atoms with E-state index in [2.05, 4.69) is 40.0 Å². The molecule has 2 aromatic heterocycles. The Morgan fingerprint density at radius 1 is 1.21 bits per heavy atom. The van der Waals surface area contributed by atoms with E-state index >= 15 is 0 Å². The zero-order valence-corrected chi connectivity index (χ0v) is 17.0. The van der Waals surface area contributed by atoms with E-state index in [-0.39, 0.29) is 12.0 Å². The summed E-state index contributed by atoms with van der Waals surface area (Å²) in [6.07, 6.45) is 6.78. The van der Waals surface area contributed by atoms with Crippen LogP contribution in [0.25, 0.3) is 10.9 Å². The standard InChI is InChI=1S/C22H25N3O2S/c1-15-21(28-14-23-15)22(26)24-10-7-17(8-11-24)27-20-4-2-3-19-18(20)9-12-25(19)13-16-5-6-16/h2-4,9,12,14,16-17H,5-8,10-11,13H2,1H3. The van der Waals surface area contributed by atoms with Gasteiger partial charge in [0.1, 0.15) is 16.7 Å². The summed E-state index contributed by atoms with van der Waals surface area (Å²) in [4.78, 5) is 19.6. The van der Waals surface area contributed by atoms with E-state index in [0.29, 0.717) is 0 Å². The predicted octanol–water partition coefficient (Wildman–Crippen LogP) is 4.50. The molecule has 5 nitrogen and oxygen atoms in total. The topological polar surface area (TPSA) is 47.4 Å². The molecule has 28 heavy (non-hydrogen) atoms. The molecule has 0 unspecified atom stereocenters. The second kappa shape index (κ2) is 7.24. The Morgan fingerprint density at radius 3 is 2.75 bits per heavy atom. The van der Waals surface area contributed by atoms with Gasteiger partial charge in [-0.3, -0.25) is 4.79 Å². The molecule has 1 saturated carbocycles. The maximum absolute atomic E-state index is 12.7. The molecule has 1 aliphatic heterocycles. The van der Waals surface area contributed by atoms with Crippen molar-refractivity contribution in [1.29, 1.82) is 0 Å². The van der Waals surface area contributed by atoms with Crippen molar-refractivity contribution in [3.8, 4) is 5.75 Å². The highest BCUT2D eigenvalue weighted by Crippen LogP contribution is 2.34. The average Bonchev–Trinajstić information content (AvgIpc) is 3.27. The number of amides is 1. The SMILES string of the molecule is Cc1ncsc1C(=O)N1CCC(Oc2cccc3c2ccn3CC2CC2)CC1. The van der Waals surface area contributed by atoms with Crippen molar-refractivity contribution in [3.05, 3.63) is 46.5 Å². The van der Waals surface area contributed by atoms with Crippen LogP contribution in [0.2, 0.25) is 0 Å². The van der Waals surface area contributed by atoms with Gasteiger partial charge in [-0.2, -0.15) is 0 Å². The highest BCUT2D eigenvalue weighted by Gasteiger charge is 2.27. The Hall–Kier alpha value is -2.34. The molecular weight excluding hydrogens is 370 g/mol. The number of fused-ring (bicyclic) bond motifs is 1. The molecule has 2 fully saturated rings. The second-order valence-electron chi connectivity index (χ2n) is 7.98. The monoisotopic (exact) mass is 395 g/mol. The summed E-state index contributed by atoms with van der Waals surface area (Å²) in [5, 5.41) is 1.20. The van der Waals surface area contributed by atoms with Crippen LogP contribution in [0, 0.1) is 12.8 Å². The van der Waals surface area contributed by atoms with E-state index in [9.17, 15) is 4.79 Å². The number of carbonyl (C=O) groups excluding carboxylic acids is 1. The van der Waals surface area contributed by atoms with Crippen molar-refractivity contribution in [3.63, 3.8) is 0 Å². The molecule has 2 aliphatic rings. The lowest BCUT2D eigenvalue weighted by atomic mass is 10.1. The normalized spacial score (nSPS) is 18.0. The highest BCUT2D eigenvalue weighted by atomic mass is 32.1. The van der Waals surface area contributed by atoms with Crippen LogP contribution in [0.1, 0.15) is 41.0 Å². The quantitative estimate of drug-likeness (QED) is 0.639. The fourth-order valence-corrected chi connectivity index (χ4v) is 4.81. The number of aromatic nitrogens is 2. The van der Waals surface area contributed by atoms with Gasteiger partial charge in [0.05, 0.1) is 16.7 Å². The highest BCUT2D eigenvalue weighted by molar-refractivity contribution is 7.11. The van der Waals surface area contributed by atoms with Gasteiger partial charge < -0.3 is 14.2 Å². The molecule has 1 amide bonds. The molecule has 5 rings (SSSR count). The van der Waals surface area contributed by atoms with E-state index < -0.39 is 0 Å². The molecule has 3 aromatic rings. The summed E-state index contributed by atoms with van der Waals surface area (Å²) in [7, 11) is 0. The first-order valence-corrected chi connectivity index (χ1v) is 11.0. The number of likely N-dealkylation sites (tertiary alicyclic amines) is 1. The molecule has 0 spiro atoms. The molecule has 1 saturated heterocycles. The van der Waals surface area contributed by atoms with Crippen molar-refractivity contribution in [2.24, 2.45) is 5.92 Å². The Kier molecular flexibility index (Phi) is 4.59. The Bertz CT molecular complexity index is 996. The lowest BCUT2D eigenvalue weighted by molar-refractivity contribution is 0.0601. The third-order valence-corrected chi connectivity index (χ3v) is 6.80. The van der Waals surface area contributed by atoms with Crippen LogP contribution in [-0.4, -0.2) is 39.6 Å². The number of benzene rings is 1. The fraction of sp³-hybridized carbons (Fsp3) is 0.455. The van der Waals surface area contributed by atoms with Crippen LogP contribution in [-0.2, 0) is 6.54 Å². The number of thiazole rings is 1. The molecule has 0 atom stereocenters. The van der Waals surface area contributed by atoms with Crippen LogP contribution in [0.5, 0.6) is 5.75 Å². The molecule has 146 valence electrons. The van der Waals surface area contributed by atoms with Gasteiger partial charge >= 0.3 is 0 Å². The van der Waals surface area contributed by atoms with Gasteiger partial charge in [0.2, 0.25) is 0 Å². The van der Waals surface area contributed by atoms with Gasteiger partial charge in [0, 0.05) is 44.1 Å². The zero-order chi connectivity index (χ0) is 19.1. The lowest BCUT2D eigenvalue weighted by Crippen LogP contribution is -2.41. The molecule has 3 heterocycles. The smallest absolute Gasteiger partial charge is 0.265 e. The molecule has 6 heteroatoms. The molecule has 1 aliphatic carbocycles. The first-order valence-electron chi connectivity index (χ1n) is 10.1. The van der Waals surface area contributed by atoms with Crippen molar-refractivity contribution in [2.75, 3.05) is 13.1 Å². The summed E-state index contributed by atoms with van der Waals surface area (Å²) < 4.78 is 8.74. The van der Waals surface area contributed by atoms with Gasteiger partial charge in [0.25, 0.3) is 5.91 Å². The number of nitrogens with zero attached hydrogens (tertiary/aromatic N) is 3. The molecule has 0 radical (unpaired) electrons. The maximum atomic E-state index is 12.7. The summed E-state index contributed by atoms with van der Waals surface area (Å²) in [5.41, 5.74) is 3.84.